The Morgan fingerprint density at radius 2 is 1.68 bits per heavy atom. The summed E-state index contributed by atoms with van der Waals surface area (Å²) >= 11 is 0. The van der Waals surface area contributed by atoms with Gasteiger partial charge in [-0.2, -0.15) is 9.57 Å². The van der Waals surface area contributed by atoms with Gasteiger partial charge < -0.3 is 4.90 Å². The van der Waals surface area contributed by atoms with Crippen LogP contribution in [0.1, 0.15) is 16.7 Å². The van der Waals surface area contributed by atoms with Crippen molar-refractivity contribution in [2.75, 3.05) is 26.2 Å². The van der Waals surface area contributed by atoms with Crippen LogP contribution in [0, 0.1) is 11.3 Å². The van der Waals surface area contributed by atoms with Gasteiger partial charge in [-0.25, -0.2) is 8.42 Å². The number of hydrogen-bond donors (Lipinski definition) is 1. The number of nitrogens with one attached hydrogen (secondary N) is 1. The van der Waals surface area contributed by atoms with E-state index in [0.717, 1.165) is 30.8 Å². The number of rotatable bonds is 5. The minimum atomic E-state index is -3.27. The molecule has 0 aromatic heterocycles. The molecule has 0 unspecified atom stereocenters. The first-order valence-electron chi connectivity index (χ1n) is 8.41. The second-order valence-electron chi connectivity index (χ2n) is 6.38. The molecule has 1 heterocycles. The molecular formula is C19H22N3O2S+. The summed E-state index contributed by atoms with van der Waals surface area (Å²) < 4.78 is 26.8. The van der Waals surface area contributed by atoms with Gasteiger partial charge in [-0.3, -0.25) is 0 Å². The van der Waals surface area contributed by atoms with Gasteiger partial charge in [-0.1, -0.05) is 42.5 Å². The zero-order valence-corrected chi connectivity index (χ0v) is 14.9. The maximum atomic E-state index is 12.6. The quantitative estimate of drug-likeness (QED) is 0.861. The van der Waals surface area contributed by atoms with Gasteiger partial charge in [0.05, 0.1) is 43.6 Å². The number of piperazine rings is 1. The van der Waals surface area contributed by atoms with Crippen molar-refractivity contribution >= 4 is 10.0 Å². The molecular weight excluding hydrogens is 334 g/mol. The van der Waals surface area contributed by atoms with Crippen LogP contribution in [0.4, 0.5) is 0 Å². The molecule has 1 aliphatic heterocycles. The first-order chi connectivity index (χ1) is 12.1. The number of nitrogens with zero attached hydrogens (tertiary/aromatic N) is 2. The standard InChI is InChI=1S/C19H21N3O2S/c20-14-18-7-4-8-19(13-18)15-21-9-11-22(12-10-21)25(23,24)16-17-5-2-1-3-6-17/h1-8,13H,9-12,15-16H2/p+1. The molecule has 0 saturated carbocycles. The number of quaternary nitrogens is 1. The lowest BCUT2D eigenvalue weighted by Gasteiger charge is -2.31. The predicted molar refractivity (Wildman–Crippen MR) is 96.2 cm³/mol. The van der Waals surface area contributed by atoms with Crippen molar-refractivity contribution in [1.82, 2.24) is 4.31 Å². The van der Waals surface area contributed by atoms with Crippen molar-refractivity contribution in [2.45, 2.75) is 12.3 Å². The second kappa shape index (κ2) is 7.79. The summed E-state index contributed by atoms with van der Waals surface area (Å²) in [4.78, 5) is 1.35. The zero-order valence-electron chi connectivity index (χ0n) is 14.1. The van der Waals surface area contributed by atoms with E-state index in [-0.39, 0.29) is 5.75 Å². The molecule has 1 saturated heterocycles. The van der Waals surface area contributed by atoms with E-state index >= 15 is 0 Å². The van der Waals surface area contributed by atoms with Gasteiger partial charge in [-0.15, -0.1) is 0 Å². The SMILES string of the molecule is N#Cc1cccc(C[NH+]2CCN(S(=O)(=O)Cc3ccccc3)CC2)c1. The van der Waals surface area contributed by atoms with Crippen LogP contribution in [0.15, 0.2) is 54.6 Å². The van der Waals surface area contributed by atoms with Gasteiger partial charge in [0.1, 0.15) is 6.54 Å². The van der Waals surface area contributed by atoms with Crippen molar-refractivity contribution in [2.24, 2.45) is 0 Å². The van der Waals surface area contributed by atoms with Gasteiger partial charge in [0.2, 0.25) is 10.0 Å². The molecule has 0 atom stereocenters. The van der Waals surface area contributed by atoms with Crippen LogP contribution in [0.3, 0.4) is 0 Å². The Kier molecular flexibility index (Phi) is 5.49. The zero-order chi connectivity index (χ0) is 17.7. The van der Waals surface area contributed by atoms with Gasteiger partial charge in [0.25, 0.3) is 0 Å². The van der Waals surface area contributed by atoms with E-state index < -0.39 is 10.0 Å². The number of hydrogen-bond acceptors (Lipinski definition) is 3. The third kappa shape index (κ3) is 4.67. The van der Waals surface area contributed by atoms with Crippen LogP contribution < -0.4 is 4.90 Å². The van der Waals surface area contributed by atoms with Gasteiger partial charge >= 0.3 is 0 Å². The average molecular weight is 356 g/mol. The highest BCUT2D eigenvalue weighted by Gasteiger charge is 2.29. The van der Waals surface area contributed by atoms with Crippen LogP contribution in [-0.2, 0) is 22.3 Å². The van der Waals surface area contributed by atoms with E-state index in [9.17, 15) is 8.42 Å². The fourth-order valence-electron chi connectivity index (χ4n) is 3.17. The van der Waals surface area contributed by atoms with Crippen LogP contribution in [0.2, 0.25) is 0 Å². The lowest BCUT2D eigenvalue weighted by molar-refractivity contribution is -0.917. The average Bonchev–Trinajstić information content (AvgIpc) is 2.63. The maximum Gasteiger partial charge on any atom is 0.218 e. The van der Waals surface area contributed by atoms with Crippen LogP contribution in [-0.4, -0.2) is 38.9 Å². The highest BCUT2D eigenvalue weighted by molar-refractivity contribution is 7.88. The number of sulfonamides is 1. The van der Waals surface area contributed by atoms with Crippen LogP contribution in [0.5, 0.6) is 0 Å². The summed E-state index contributed by atoms with van der Waals surface area (Å²) in [5, 5.41) is 8.98. The van der Waals surface area contributed by atoms with Crippen molar-refractivity contribution < 1.29 is 13.3 Å². The van der Waals surface area contributed by atoms with Crippen molar-refractivity contribution in [3.63, 3.8) is 0 Å². The van der Waals surface area contributed by atoms with E-state index in [0.29, 0.717) is 18.7 Å². The summed E-state index contributed by atoms with van der Waals surface area (Å²) in [5.41, 5.74) is 2.61. The Balaban J connectivity index is 1.57. The van der Waals surface area contributed by atoms with Gasteiger partial charge in [0.15, 0.2) is 0 Å². The van der Waals surface area contributed by atoms with Crippen molar-refractivity contribution in [1.29, 1.82) is 5.26 Å². The molecule has 6 heteroatoms. The molecule has 0 aliphatic carbocycles. The summed E-state index contributed by atoms with van der Waals surface area (Å²) in [6.45, 7) is 3.47. The minimum Gasteiger partial charge on any atom is -0.329 e. The number of benzene rings is 2. The smallest absolute Gasteiger partial charge is 0.218 e. The normalized spacial score (nSPS) is 16.4. The molecule has 0 bridgehead atoms. The van der Waals surface area contributed by atoms with Crippen LogP contribution in [0.25, 0.3) is 0 Å². The van der Waals surface area contributed by atoms with Gasteiger partial charge in [-0.05, 0) is 17.7 Å². The lowest BCUT2D eigenvalue weighted by atomic mass is 10.1. The Morgan fingerprint density at radius 3 is 2.36 bits per heavy atom. The Hall–Kier alpha value is -2.20. The van der Waals surface area contributed by atoms with E-state index in [1.165, 1.54) is 4.90 Å². The molecule has 2 aromatic rings. The molecule has 3 rings (SSSR count). The van der Waals surface area contributed by atoms with E-state index in [1.54, 1.807) is 10.4 Å². The summed E-state index contributed by atoms with van der Waals surface area (Å²) in [6.07, 6.45) is 0. The third-order valence-electron chi connectivity index (χ3n) is 4.53. The number of nitriles is 1. The first kappa shape index (κ1) is 17.6. The van der Waals surface area contributed by atoms with E-state index in [2.05, 4.69) is 6.07 Å². The lowest BCUT2D eigenvalue weighted by Crippen LogP contribution is -3.13. The maximum absolute atomic E-state index is 12.6. The summed E-state index contributed by atoms with van der Waals surface area (Å²) in [5.74, 6) is 0.0629. The molecule has 0 amide bonds. The first-order valence-corrected chi connectivity index (χ1v) is 10.0. The molecule has 130 valence electrons. The molecule has 1 N–H and O–H groups in total. The Bertz CT molecular complexity index is 852. The molecule has 0 spiro atoms. The minimum absolute atomic E-state index is 0.0629. The van der Waals surface area contributed by atoms with E-state index in [1.807, 2.05) is 48.5 Å². The van der Waals surface area contributed by atoms with Crippen LogP contribution >= 0.6 is 0 Å². The predicted octanol–water partition coefficient (Wildman–Crippen LogP) is 0.789. The molecule has 2 aromatic carbocycles. The summed E-state index contributed by atoms with van der Waals surface area (Å²) in [6, 6.07) is 19.1. The Labute approximate surface area is 149 Å². The van der Waals surface area contributed by atoms with Gasteiger partial charge in [0, 0.05) is 5.56 Å². The molecule has 25 heavy (non-hydrogen) atoms. The van der Waals surface area contributed by atoms with E-state index in [4.69, 9.17) is 5.26 Å². The molecule has 5 nitrogen and oxygen atoms in total. The second-order valence-corrected chi connectivity index (χ2v) is 8.35. The Morgan fingerprint density at radius 1 is 1.00 bits per heavy atom. The highest BCUT2D eigenvalue weighted by atomic mass is 32.2. The molecule has 1 fully saturated rings. The molecule has 1 aliphatic rings. The monoisotopic (exact) mass is 356 g/mol. The van der Waals surface area contributed by atoms with Crippen molar-refractivity contribution in [3.8, 4) is 6.07 Å². The van der Waals surface area contributed by atoms with Crippen molar-refractivity contribution in [3.05, 3.63) is 71.3 Å². The fourth-order valence-corrected chi connectivity index (χ4v) is 4.71. The fraction of sp³-hybridized carbons (Fsp3) is 0.316. The topological polar surface area (TPSA) is 65.6 Å². The summed E-state index contributed by atoms with van der Waals surface area (Å²) in [7, 11) is -3.27. The molecule has 0 radical (unpaired) electrons. The largest absolute Gasteiger partial charge is 0.329 e. The highest BCUT2D eigenvalue weighted by Crippen LogP contribution is 2.11. The third-order valence-corrected chi connectivity index (χ3v) is 6.38.